The van der Waals surface area contributed by atoms with E-state index >= 15 is 0 Å². The number of carbonyl (C=O) groups excluding carboxylic acids is 1. The lowest BCUT2D eigenvalue weighted by Gasteiger charge is -2.17. The van der Waals surface area contributed by atoms with Gasteiger partial charge in [0.15, 0.2) is 5.16 Å². The number of nitrogens with zero attached hydrogens (tertiary/aromatic N) is 2. The van der Waals surface area contributed by atoms with E-state index in [4.69, 9.17) is 16.6 Å². The number of thioether (sulfide) groups is 1. The Kier molecular flexibility index (Phi) is 6.98. The number of carbonyl (C=O) groups is 1. The van der Waals surface area contributed by atoms with E-state index in [1.165, 1.54) is 16.6 Å². The summed E-state index contributed by atoms with van der Waals surface area (Å²) in [5.74, 6) is -0.0941. The van der Waals surface area contributed by atoms with Gasteiger partial charge in [-0.3, -0.25) is 14.2 Å². The van der Waals surface area contributed by atoms with Gasteiger partial charge in [0.05, 0.1) is 21.8 Å². The molecule has 1 N–H and O–H groups in total. The minimum absolute atomic E-state index is 0.0941. The Bertz CT molecular complexity index is 1320. The van der Waals surface area contributed by atoms with Gasteiger partial charge in [0.2, 0.25) is 5.91 Å². The lowest BCUT2D eigenvalue weighted by molar-refractivity contribution is -0.120. The second-order valence-electron chi connectivity index (χ2n) is 7.36. The number of hydrogen-bond donors (Lipinski definition) is 1. The average Bonchev–Trinajstić information content (AvgIpc) is 3.28. The van der Waals surface area contributed by atoms with Crippen LogP contribution in [-0.2, 0) is 11.2 Å². The lowest BCUT2D eigenvalue weighted by atomic mass is 10.2. The summed E-state index contributed by atoms with van der Waals surface area (Å²) in [6.45, 7) is 4.33. The van der Waals surface area contributed by atoms with Gasteiger partial charge in [-0.25, -0.2) is 4.98 Å². The number of halogens is 1. The first-order valence-electron chi connectivity index (χ1n) is 10.2. The Morgan fingerprint density at radius 2 is 2.03 bits per heavy atom. The third-order valence-electron chi connectivity index (χ3n) is 5.06. The quantitative estimate of drug-likeness (QED) is 0.288. The normalized spacial score (nSPS) is 12.1. The largest absolute Gasteiger partial charge is 0.355 e. The topological polar surface area (TPSA) is 64.0 Å². The highest BCUT2D eigenvalue weighted by Gasteiger charge is 2.21. The molecule has 2 aromatic carbocycles. The van der Waals surface area contributed by atoms with Crippen molar-refractivity contribution in [1.82, 2.24) is 14.9 Å². The van der Waals surface area contributed by atoms with Gasteiger partial charge in [0.1, 0.15) is 0 Å². The fourth-order valence-electron chi connectivity index (χ4n) is 3.36. The summed E-state index contributed by atoms with van der Waals surface area (Å²) in [4.78, 5) is 32.1. The van der Waals surface area contributed by atoms with Crippen LogP contribution >= 0.6 is 34.7 Å². The standard InChI is InChI=1S/C24H22ClN3O2S2/c1-15-6-3-4-8-21(15)28-23(30)19-10-9-17(25)14-20(19)27-24(28)32-16(2)22(29)26-12-11-18-7-5-13-31-18/h3-10,13-14,16H,11-12H2,1-2H3,(H,26,29). The van der Waals surface area contributed by atoms with Gasteiger partial charge in [-0.05, 0) is 61.5 Å². The van der Waals surface area contributed by atoms with Gasteiger partial charge in [0, 0.05) is 16.4 Å². The Balaban J connectivity index is 1.65. The minimum atomic E-state index is -0.433. The fourth-order valence-corrected chi connectivity index (χ4v) is 5.18. The van der Waals surface area contributed by atoms with Gasteiger partial charge in [-0.2, -0.15) is 0 Å². The van der Waals surface area contributed by atoms with Gasteiger partial charge >= 0.3 is 0 Å². The van der Waals surface area contributed by atoms with Crippen LogP contribution in [0.25, 0.3) is 16.6 Å². The molecule has 4 aromatic rings. The van der Waals surface area contributed by atoms with Gasteiger partial charge in [0.25, 0.3) is 5.56 Å². The molecule has 1 amide bonds. The third-order valence-corrected chi connectivity index (χ3v) is 7.28. The Morgan fingerprint density at radius 3 is 2.78 bits per heavy atom. The number of fused-ring (bicyclic) bond motifs is 1. The zero-order valence-corrected chi connectivity index (χ0v) is 20.1. The van der Waals surface area contributed by atoms with E-state index < -0.39 is 5.25 Å². The number of para-hydroxylation sites is 1. The van der Waals surface area contributed by atoms with Crippen LogP contribution in [0.15, 0.2) is 69.9 Å². The summed E-state index contributed by atoms with van der Waals surface area (Å²) in [5.41, 5.74) is 2.02. The maximum Gasteiger partial charge on any atom is 0.266 e. The van der Waals surface area contributed by atoms with E-state index in [2.05, 4.69) is 11.4 Å². The number of aromatic nitrogens is 2. The van der Waals surface area contributed by atoms with E-state index in [0.29, 0.717) is 27.6 Å². The molecule has 0 bridgehead atoms. The van der Waals surface area contributed by atoms with Crippen molar-refractivity contribution in [3.05, 3.63) is 85.8 Å². The molecule has 0 saturated carbocycles. The summed E-state index contributed by atoms with van der Waals surface area (Å²) >= 11 is 9.08. The van der Waals surface area contributed by atoms with Crippen LogP contribution in [0.4, 0.5) is 0 Å². The molecule has 32 heavy (non-hydrogen) atoms. The highest BCUT2D eigenvalue weighted by atomic mass is 35.5. The number of benzene rings is 2. The summed E-state index contributed by atoms with van der Waals surface area (Å²) in [7, 11) is 0. The Morgan fingerprint density at radius 1 is 1.22 bits per heavy atom. The first-order chi connectivity index (χ1) is 15.4. The van der Waals surface area contributed by atoms with Crippen LogP contribution in [0, 0.1) is 6.92 Å². The van der Waals surface area contributed by atoms with Crippen molar-refractivity contribution in [3.8, 4) is 5.69 Å². The third kappa shape index (κ3) is 4.90. The predicted octanol–water partition coefficient (Wildman–Crippen LogP) is 5.25. The molecule has 0 radical (unpaired) electrons. The molecule has 1 atom stereocenters. The molecule has 1 unspecified atom stereocenters. The monoisotopic (exact) mass is 483 g/mol. The van der Waals surface area contributed by atoms with Crippen molar-refractivity contribution in [2.75, 3.05) is 6.54 Å². The van der Waals surface area contributed by atoms with E-state index in [-0.39, 0.29) is 11.5 Å². The van der Waals surface area contributed by atoms with Crippen LogP contribution in [0.3, 0.4) is 0 Å². The van der Waals surface area contributed by atoms with Crippen LogP contribution < -0.4 is 10.9 Å². The SMILES string of the molecule is Cc1ccccc1-n1c(SC(C)C(=O)NCCc2cccs2)nc2cc(Cl)ccc2c1=O. The predicted molar refractivity (Wildman–Crippen MR) is 133 cm³/mol. The molecule has 0 fully saturated rings. The molecule has 164 valence electrons. The van der Waals surface area contributed by atoms with Crippen molar-refractivity contribution in [2.24, 2.45) is 0 Å². The summed E-state index contributed by atoms with van der Waals surface area (Å²) in [6, 6.07) is 16.8. The number of nitrogens with one attached hydrogen (secondary N) is 1. The number of aryl methyl sites for hydroxylation is 1. The van der Waals surface area contributed by atoms with E-state index in [1.807, 2.05) is 49.6 Å². The molecule has 2 heterocycles. The molecule has 2 aromatic heterocycles. The number of amides is 1. The van der Waals surface area contributed by atoms with Crippen LogP contribution in [-0.4, -0.2) is 27.3 Å². The Hall–Kier alpha value is -2.61. The van der Waals surface area contributed by atoms with Crippen molar-refractivity contribution < 1.29 is 4.79 Å². The van der Waals surface area contributed by atoms with Crippen LogP contribution in [0.5, 0.6) is 0 Å². The highest BCUT2D eigenvalue weighted by Crippen LogP contribution is 2.27. The van der Waals surface area contributed by atoms with Crippen molar-refractivity contribution in [1.29, 1.82) is 0 Å². The average molecular weight is 484 g/mol. The van der Waals surface area contributed by atoms with Gasteiger partial charge in [-0.1, -0.05) is 47.6 Å². The molecular weight excluding hydrogens is 462 g/mol. The maximum atomic E-state index is 13.4. The Labute approximate surface area is 199 Å². The van der Waals surface area contributed by atoms with E-state index in [0.717, 1.165) is 17.7 Å². The fraction of sp³-hybridized carbons (Fsp3) is 0.208. The molecule has 8 heteroatoms. The second kappa shape index (κ2) is 9.90. The highest BCUT2D eigenvalue weighted by molar-refractivity contribution is 8.00. The summed E-state index contributed by atoms with van der Waals surface area (Å²) in [6.07, 6.45) is 0.793. The van der Waals surface area contributed by atoms with Gasteiger partial charge in [-0.15, -0.1) is 11.3 Å². The number of hydrogen-bond acceptors (Lipinski definition) is 5. The molecule has 4 rings (SSSR count). The van der Waals surface area contributed by atoms with E-state index in [1.54, 1.807) is 34.1 Å². The second-order valence-corrected chi connectivity index (χ2v) is 10.1. The molecule has 0 aliphatic carbocycles. The van der Waals surface area contributed by atoms with Crippen molar-refractivity contribution >= 4 is 51.5 Å². The first kappa shape index (κ1) is 22.6. The van der Waals surface area contributed by atoms with Crippen LogP contribution in [0.2, 0.25) is 5.02 Å². The molecule has 0 saturated heterocycles. The number of rotatable bonds is 7. The molecule has 0 aliphatic heterocycles. The maximum absolute atomic E-state index is 13.4. The summed E-state index contributed by atoms with van der Waals surface area (Å²) in [5, 5.41) is 6.02. The molecule has 0 spiro atoms. The minimum Gasteiger partial charge on any atom is -0.355 e. The van der Waals surface area contributed by atoms with Crippen molar-refractivity contribution in [2.45, 2.75) is 30.7 Å². The lowest BCUT2D eigenvalue weighted by Crippen LogP contribution is -2.33. The molecular formula is C24H22ClN3O2S2. The van der Waals surface area contributed by atoms with Crippen LogP contribution in [0.1, 0.15) is 17.4 Å². The van der Waals surface area contributed by atoms with E-state index in [9.17, 15) is 9.59 Å². The zero-order valence-electron chi connectivity index (χ0n) is 17.7. The smallest absolute Gasteiger partial charge is 0.266 e. The number of thiophene rings is 1. The molecule has 5 nitrogen and oxygen atoms in total. The summed E-state index contributed by atoms with van der Waals surface area (Å²) < 4.78 is 1.59. The first-order valence-corrected chi connectivity index (χ1v) is 12.3. The molecule has 0 aliphatic rings. The van der Waals surface area contributed by atoms with Gasteiger partial charge < -0.3 is 5.32 Å². The zero-order chi connectivity index (χ0) is 22.7. The van der Waals surface area contributed by atoms with Crippen molar-refractivity contribution in [3.63, 3.8) is 0 Å².